The molecule has 4 heteroatoms. The van der Waals surface area contributed by atoms with Crippen LogP contribution in [0, 0.1) is 0 Å². The summed E-state index contributed by atoms with van der Waals surface area (Å²) in [7, 11) is 3.31. The number of hydrogen-bond donors (Lipinski definition) is 1. The molecule has 0 aliphatic heterocycles. The number of carbonyl (C=O) groups is 1. The maximum Gasteiger partial charge on any atom is 0.160 e. The number of methoxy groups -OCH3 is 2. The highest BCUT2D eigenvalue weighted by Crippen LogP contribution is 2.27. The Kier molecular flexibility index (Phi) is 9.32. The summed E-state index contributed by atoms with van der Waals surface area (Å²) in [6.07, 6.45) is 1.80. The van der Waals surface area contributed by atoms with Crippen molar-refractivity contribution in [2.75, 3.05) is 20.8 Å². The third-order valence-corrected chi connectivity index (χ3v) is 4.15. The van der Waals surface area contributed by atoms with Gasteiger partial charge in [-0.3, -0.25) is 4.79 Å². The predicted molar refractivity (Wildman–Crippen MR) is 113 cm³/mol. The van der Waals surface area contributed by atoms with Crippen molar-refractivity contribution in [3.05, 3.63) is 95.6 Å². The monoisotopic (exact) mass is 377 g/mol. The summed E-state index contributed by atoms with van der Waals surface area (Å²) in [6.45, 7) is 1.83. The lowest BCUT2D eigenvalue weighted by Gasteiger charge is -2.10. The van der Waals surface area contributed by atoms with E-state index in [9.17, 15) is 4.79 Å². The Bertz CT molecular complexity index is 820. The van der Waals surface area contributed by atoms with Crippen molar-refractivity contribution in [2.24, 2.45) is 0 Å². The molecule has 0 atom stereocenters. The van der Waals surface area contributed by atoms with Crippen LogP contribution in [0.3, 0.4) is 0 Å². The van der Waals surface area contributed by atoms with Crippen LogP contribution in [-0.4, -0.2) is 27.1 Å². The lowest BCUT2D eigenvalue weighted by atomic mass is 10.1. The van der Waals surface area contributed by atoms with Crippen LogP contribution in [0.5, 0.6) is 11.5 Å². The highest BCUT2D eigenvalue weighted by Gasteiger charge is 2.04. The predicted octanol–water partition coefficient (Wildman–Crippen LogP) is 4.54. The number of nitrogens with one attached hydrogen (secondary N) is 1. The molecule has 0 fully saturated rings. The van der Waals surface area contributed by atoms with Crippen molar-refractivity contribution in [1.29, 1.82) is 0 Å². The third-order valence-electron chi connectivity index (χ3n) is 4.15. The molecule has 0 amide bonds. The van der Waals surface area contributed by atoms with E-state index in [1.165, 1.54) is 11.1 Å². The summed E-state index contributed by atoms with van der Waals surface area (Å²) in [5, 5.41) is 3.44. The second-order valence-electron chi connectivity index (χ2n) is 6.13. The molecule has 0 saturated heterocycles. The Hall–Kier alpha value is -3.11. The van der Waals surface area contributed by atoms with Gasteiger partial charge in [-0.05, 0) is 36.2 Å². The van der Waals surface area contributed by atoms with Crippen LogP contribution in [0.25, 0.3) is 0 Å². The molecule has 0 bridgehead atoms. The van der Waals surface area contributed by atoms with Gasteiger partial charge >= 0.3 is 0 Å². The summed E-state index contributed by atoms with van der Waals surface area (Å²) in [6, 6.07) is 25.6. The van der Waals surface area contributed by atoms with Crippen molar-refractivity contribution in [3.63, 3.8) is 0 Å². The lowest BCUT2D eigenvalue weighted by Crippen LogP contribution is -2.16. The van der Waals surface area contributed by atoms with Gasteiger partial charge in [-0.25, -0.2) is 0 Å². The largest absolute Gasteiger partial charge is 0.493 e. The summed E-state index contributed by atoms with van der Waals surface area (Å²) in [5.74, 6) is 1.56. The van der Waals surface area contributed by atoms with E-state index in [0.29, 0.717) is 0 Å². The molecule has 0 radical (unpaired) electrons. The second-order valence-corrected chi connectivity index (χ2v) is 6.13. The van der Waals surface area contributed by atoms with Crippen LogP contribution in [0.2, 0.25) is 0 Å². The molecule has 0 spiro atoms. The van der Waals surface area contributed by atoms with E-state index in [4.69, 9.17) is 9.47 Å². The van der Waals surface area contributed by atoms with Gasteiger partial charge < -0.3 is 14.8 Å². The molecule has 1 N–H and O–H groups in total. The fourth-order valence-electron chi connectivity index (χ4n) is 2.63. The Balaban J connectivity index is 0.000000292. The number of rotatable bonds is 8. The molecular weight excluding hydrogens is 350 g/mol. The van der Waals surface area contributed by atoms with Crippen molar-refractivity contribution in [3.8, 4) is 11.5 Å². The SMILES string of the molecule is COc1ccc(CCNCc2ccccc2)cc1OC.O=Cc1ccccc1. The Morgan fingerprint density at radius 1 is 0.786 bits per heavy atom. The molecule has 0 aliphatic rings. The Labute approximate surface area is 167 Å². The minimum Gasteiger partial charge on any atom is -0.493 e. The van der Waals surface area contributed by atoms with Crippen molar-refractivity contribution in [2.45, 2.75) is 13.0 Å². The zero-order chi connectivity index (χ0) is 20.0. The van der Waals surface area contributed by atoms with Crippen molar-refractivity contribution < 1.29 is 14.3 Å². The highest BCUT2D eigenvalue weighted by atomic mass is 16.5. The van der Waals surface area contributed by atoms with E-state index < -0.39 is 0 Å². The van der Waals surface area contributed by atoms with Gasteiger partial charge in [-0.15, -0.1) is 0 Å². The standard InChI is InChI=1S/C17H21NO2.C7H6O/c1-19-16-9-8-14(12-17(16)20-2)10-11-18-13-15-6-4-3-5-7-15;8-6-7-4-2-1-3-5-7/h3-9,12,18H,10-11,13H2,1-2H3;1-6H. The number of hydrogen-bond acceptors (Lipinski definition) is 4. The van der Waals surface area contributed by atoms with Crippen LogP contribution in [-0.2, 0) is 13.0 Å². The first-order valence-electron chi connectivity index (χ1n) is 9.22. The van der Waals surface area contributed by atoms with E-state index in [1.807, 2.05) is 36.4 Å². The molecule has 3 rings (SSSR count). The molecule has 4 nitrogen and oxygen atoms in total. The smallest absolute Gasteiger partial charge is 0.160 e. The first kappa shape index (κ1) is 21.2. The minimum absolute atomic E-state index is 0.729. The summed E-state index contributed by atoms with van der Waals surface area (Å²) < 4.78 is 10.5. The third kappa shape index (κ3) is 7.25. The van der Waals surface area contributed by atoms with Crippen molar-refractivity contribution in [1.82, 2.24) is 5.32 Å². The minimum atomic E-state index is 0.729. The van der Waals surface area contributed by atoms with E-state index in [2.05, 4.69) is 35.6 Å². The van der Waals surface area contributed by atoms with Gasteiger partial charge in [0.15, 0.2) is 11.5 Å². The molecule has 146 valence electrons. The van der Waals surface area contributed by atoms with Crippen LogP contribution in [0.1, 0.15) is 21.5 Å². The average Bonchev–Trinajstić information content (AvgIpc) is 2.78. The Morgan fingerprint density at radius 3 is 2.00 bits per heavy atom. The Morgan fingerprint density at radius 2 is 1.43 bits per heavy atom. The molecule has 0 aliphatic carbocycles. The zero-order valence-corrected chi connectivity index (χ0v) is 16.4. The first-order chi connectivity index (χ1) is 13.8. The molecule has 28 heavy (non-hydrogen) atoms. The van der Waals surface area contributed by atoms with Gasteiger partial charge in [0.1, 0.15) is 6.29 Å². The molecule has 3 aromatic rings. The van der Waals surface area contributed by atoms with E-state index in [0.717, 1.165) is 42.9 Å². The summed E-state index contributed by atoms with van der Waals surface area (Å²) in [4.78, 5) is 10.0. The molecule has 0 unspecified atom stereocenters. The van der Waals surface area contributed by atoms with E-state index in [1.54, 1.807) is 26.4 Å². The van der Waals surface area contributed by atoms with Gasteiger partial charge in [0, 0.05) is 12.1 Å². The average molecular weight is 377 g/mol. The summed E-state index contributed by atoms with van der Waals surface area (Å²) >= 11 is 0. The molecule has 0 heterocycles. The number of carbonyl (C=O) groups excluding carboxylic acids is 1. The van der Waals surface area contributed by atoms with Gasteiger partial charge in [0.2, 0.25) is 0 Å². The van der Waals surface area contributed by atoms with Gasteiger partial charge in [0.25, 0.3) is 0 Å². The highest BCUT2D eigenvalue weighted by molar-refractivity contribution is 5.74. The molecule has 0 aromatic heterocycles. The first-order valence-corrected chi connectivity index (χ1v) is 9.22. The zero-order valence-electron chi connectivity index (χ0n) is 16.4. The fraction of sp³-hybridized carbons (Fsp3) is 0.208. The van der Waals surface area contributed by atoms with E-state index in [-0.39, 0.29) is 0 Å². The molecule has 0 saturated carbocycles. The summed E-state index contributed by atoms with van der Waals surface area (Å²) in [5.41, 5.74) is 3.27. The number of aldehydes is 1. The van der Waals surface area contributed by atoms with Gasteiger partial charge in [-0.2, -0.15) is 0 Å². The quantitative estimate of drug-likeness (QED) is 0.463. The fourth-order valence-corrected chi connectivity index (χ4v) is 2.63. The number of benzene rings is 3. The van der Waals surface area contributed by atoms with Crippen LogP contribution in [0.15, 0.2) is 78.9 Å². The van der Waals surface area contributed by atoms with Crippen LogP contribution >= 0.6 is 0 Å². The second kappa shape index (κ2) is 12.3. The van der Waals surface area contributed by atoms with Gasteiger partial charge in [-0.1, -0.05) is 66.7 Å². The molecule has 3 aromatic carbocycles. The maximum atomic E-state index is 10.0. The van der Waals surface area contributed by atoms with E-state index >= 15 is 0 Å². The van der Waals surface area contributed by atoms with Gasteiger partial charge in [0.05, 0.1) is 14.2 Å². The number of ether oxygens (including phenoxy) is 2. The van der Waals surface area contributed by atoms with Crippen LogP contribution < -0.4 is 14.8 Å². The maximum absolute atomic E-state index is 10.0. The molecular formula is C24H27NO3. The topological polar surface area (TPSA) is 47.6 Å². The van der Waals surface area contributed by atoms with Crippen molar-refractivity contribution >= 4 is 6.29 Å². The lowest BCUT2D eigenvalue weighted by molar-refractivity contribution is 0.112. The normalized spacial score (nSPS) is 9.79. The van der Waals surface area contributed by atoms with Crippen LogP contribution in [0.4, 0.5) is 0 Å².